The predicted molar refractivity (Wildman–Crippen MR) is 126 cm³/mol. The molecule has 1 aliphatic carbocycles. The molecular weight excluding hydrogens is 421 g/mol. The lowest BCUT2D eigenvalue weighted by Crippen LogP contribution is -2.36. The van der Waals surface area contributed by atoms with Crippen LogP contribution in [0.4, 0.5) is 4.39 Å². The Balaban J connectivity index is 1.66. The summed E-state index contributed by atoms with van der Waals surface area (Å²) in [6.45, 7) is 5.22. The van der Waals surface area contributed by atoms with Crippen molar-refractivity contribution in [2.24, 2.45) is 7.05 Å². The first-order valence-corrected chi connectivity index (χ1v) is 11.5. The van der Waals surface area contributed by atoms with Crippen LogP contribution in [0.25, 0.3) is 11.3 Å². The molecule has 0 aliphatic heterocycles. The third-order valence-corrected chi connectivity index (χ3v) is 5.67. The van der Waals surface area contributed by atoms with Crippen LogP contribution < -0.4 is 4.74 Å². The zero-order valence-corrected chi connectivity index (χ0v) is 19.4. The van der Waals surface area contributed by atoms with Gasteiger partial charge in [0.15, 0.2) is 11.6 Å². The highest BCUT2D eigenvalue weighted by atomic mass is 19.1. The Morgan fingerprint density at radius 3 is 2.48 bits per heavy atom. The zero-order valence-electron chi connectivity index (χ0n) is 19.4. The van der Waals surface area contributed by atoms with Crippen molar-refractivity contribution >= 4 is 0 Å². The van der Waals surface area contributed by atoms with Gasteiger partial charge < -0.3 is 14.6 Å². The highest BCUT2D eigenvalue weighted by molar-refractivity contribution is 5.65. The van der Waals surface area contributed by atoms with Crippen molar-refractivity contribution in [1.29, 1.82) is 0 Å². The van der Waals surface area contributed by atoms with E-state index < -0.39 is 11.9 Å². The van der Waals surface area contributed by atoms with Gasteiger partial charge in [-0.25, -0.2) is 9.07 Å². The van der Waals surface area contributed by atoms with Crippen LogP contribution in [0, 0.1) is 5.82 Å². The maximum atomic E-state index is 14.4. The van der Waals surface area contributed by atoms with Crippen LogP contribution >= 0.6 is 0 Å². The SMILES string of the molecule is CC(C)OC[C@@H](O)CN(Cc1c(-c2ccccc2)nn(C)c1Oc1ccccc1F)C1CC1. The minimum absolute atomic E-state index is 0.0674. The van der Waals surface area contributed by atoms with Crippen molar-refractivity contribution in [2.45, 2.75) is 51.5 Å². The molecule has 1 heterocycles. The van der Waals surface area contributed by atoms with E-state index in [-0.39, 0.29) is 18.5 Å². The monoisotopic (exact) mass is 453 g/mol. The molecular formula is C26H32FN3O3. The second-order valence-electron chi connectivity index (χ2n) is 8.85. The van der Waals surface area contributed by atoms with Gasteiger partial charge in [-0.2, -0.15) is 5.10 Å². The van der Waals surface area contributed by atoms with E-state index in [0.29, 0.717) is 25.0 Å². The Kier molecular flexibility index (Phi) is 7.42. The summed E-state index contributed by atoms with van der Waals surface area (Å²) in [5.74, 6) is 0.230. The molecule has 0 radical (unpaired) electrons. The molecule has 6 nitrogen and oxygen atoms in total. The molecule has 3 aromatic rings. The van der Waals surface area contributed by atoms with Gasteiger partial charge in [0.25, 0.3) is 0 Å². The number of aryl methyl sites for hydroxylation is 1. The van der Waals surface area contributed by atoms with E-state index in [0.717, 1.165) is 29.7 Å². The number of hydrogen-bond acceptors (Lipinski definition) is 5. The van der Waals surface area contributed by atoms with Crippen LogP contribution in [0.5, 0.6) is 11.6 Å². The van der Waals surface area contributed by atoms with Crippen LogP contribution in [0.15, 0.2) is 54.6 Å². The lowest BCUT2D eigenvalue weighted by molar-refractivity contribution is -0.0107. The van der Waals surface area contributed by atoms with Crippen molar-refractivity contribution in [1.82, 2.24) is 14.7 Å². The summed E-state index contributed by atoms with van der Waals surface area (Å²) in [6, 6.07) is 16.7. The summed E-state index contributed by atoms with van der Waals surface area (Å²) in [7, 11) is 1.80. The molecule has 2 aromatic carbocycles. The maximum absolute atomic E-state index is 14.4. The highest BCUT2D eigenvalue weighted by Crippen LogP contribution is 2.37. The van der Waals surface area contributed by atoms with E-state index in [9.17, 15) is 9.50 Å². The van der Waals surface area contributed by atoms with Crippen LogP contribution in [0.1, 0.15) is 32.3 Å². The van der Waals surface area contributed by atoms with Crippen LogP contribution in [0.2, 0.25) is 0 Å². The Morgan fingerprint density at radius 2 is 1.82 bits per heavy atom. The second kappa shape index (κ2) is 10.5. The van der Waals surface area contributed by atoms with Gasteiger partial charge in [0.05, 0.1) is 24.4 Å². The Morgan fingerprint density at radius 1 is 1.12 bits per heavy atom. The van der Waals surface area contributed by atoms with Crippen molar-refractivity contribution in [3.05, 3.63) is 66.0 Å². The molecule has 1 N–H and O–H groups in total. The van der Waals surface area contributed by atoms with Gasteiger partial charge in [-0.15, -0.1) is 0 Å². The van der Waals surface area contributed by atoms with E-state index >= 15 is 0 Å². The lowest BCUT2D eigenvalue weighted by atomic mass is 10.1. The number of para-hydroxylation sites is 1. The number of halogens is 1. The quantitative estimate of drug-likeness (QED) is 0.453. The summed E-state index contributed by atoms with van der Waals surface area (Å²) in [5.41, 5.74) is 2.63. The van der Waals surface area contributed by atoms with Gasteiger partial charge in [0, 0.05) is 31.7 Å². The summed E-state index contributed by atoms with van der Waals surface area (Å²) < 4.78 is 27.7. The molecule has 1 aliphatic rings. The van der Waals surface area contributed by atoms with Gasteiger partial charge in [-0.05, 0) is 38.8 Å². The third kappa shape index (κ3) is 5.99. The maximum Gasteiger partial charge on any atom is 0.222 e. The zero-order chi connectivity index (χ0) is 23.4. The molecule has 0 amide bonds. The lowest BCUT2D eigenvalue weighted by Gasteiger charge is -2.26. The summed E-state index contributed by atoms with van der Waals surface area (Å²) in [4.78, 5) is 2.26. The Hall–Kier alpha value is -2.74. The first-order chi connectivity index (χ1) is 15.9. The highest BCUT2D eigenvalue weighted by Gasteiger charge is 2.33. The van der Waals surface area contributed by atoms with Gasteiger partial charge in [0.2, 0.25) is 5.88 Å². The van der Waals surface area contributed by atoms with Crippen molar-refractivity contribution in [2.75, 3.05) is 13.2 Å². The summed E-state index contributed by atoms with van der Waals surface area (Å²) in [5, 5.41) is 15.3. The fraction of sp³-hybridized carbons (Fsp3) is 0.423. The predicted octanol–water partition coefficient (Wildman–Crippen LogP) is 4.77. The molecule has 1 aromatic heterocycles. The molecule has 0 saturated heterocycles. The average Bonchev–Trinajstić information content (AvgIpc) is 3.60. The minimum Gasteiger partial charge on any atom is -0.436 e. The molecule has 0 spiro atoms. The van der Waals surface area contributed by atoms with Gasteiger partial charge in [-0.1, -0.05) is 42.5 Å². The van der Waals surface area contributed by atoms with E-state index in [2.05, 4.69) is 4.90 Å². The number of benzene rings is 2. The van der Waals surface area contributed by atoms with Crippen LogP contribution in [-0.2, 0) is 18.3 Å². The molecule has 176 valence electrons. The van der Waals surface area contributed by atoms with E-state index in [4.69, 9.17) is 14.6 Å². The van der Waals surface area contributed by atoms with Crippen molar-refractivity contribution in [3.8, 4) is 22.9 Å². The van der Waals surface area contributed by atoms with Crippen LogP contribution in [0.3, 0.4) is 0 Å². The molecule has 0 bridgehead atoms. The smallest absolute Gasteiger partial charge is 0.222 e. The number of aliphatic hydroxyl groups excluding tert-OH is 1. The summed E-state index contributed by atoms with van der Waals surface area (Å²) >= 11 is 0. The van der Waals surface area contributed by atoms with Gasteiger partial charge in [-0.3, -0.25) is 4.90 Å². The molecule has 0 unspecified atom stereocenters. The molecule has 7 heteroatoms. The second-order valence-corrected chi connectivity index (χ2v) is 8.85. The molecule has 33 heavy (non-hydrogen) atoms. The van der Waals surface area contributed by atoms with Gasteiger partial charge >= 0.3 is 0 Å². The molecule has 1 fully saturated rings. The molecule has 1 saturated carbocycles. The van der Waals surface area contributed by atoms with Crippen LogP contribution in [-0.4, -0.2) is 51.2 Å². The van der Waals surface area contributed by atoms with E-state index in [1.807, 2.05) is 44.2 Å². The number of hydrogen-bond donors (Lipinski definition) is 1. The number of aliphatic hydroxyl groups is 1. The number of nitrogens with zero attached hydrogens (tertiary/aromatic N) is 3. The van der Waals surface area contributed by atoms with E-state index in [1.54, 1.807) is 29.9 Å². The van der Waals surface area contributed by atoms with Crippen molar-refractivity contribution < 1.29 is 19.0 Å². The number of aromatic nitrogens is 2. The molecule has 1 atom stereocenters. The number of rotatable bonds is 11. The minimum atomic E-state index is -0.596. The Labute approximate surface area is 194 Å². The normalized spacial score (nSPS) is 14.8. The number of ether oxygens (including phenoxy) is 2. The largest absolute Gasteiger partial charge is 0.436 e. The third-order valence-electron chi connectivity index (χ3n) is 5.67. The molecule has 4 rings (SSSR count). The van der Waals surface area contributed by atoms with Crippen molar-refractivity contribution in [3.63, 3.8) is 0 Å². The average molecular weight is 454 g/mol. The Bertz CT molecular complexity index is 1050. The first kappa shape index (κ1) is 23.4. The standard InChI is InChI=1S/C26H32FN3O3/c1-18(2)32-17-21(31)15-30(20-13-14-20)16-22-25(19-9-5-4-6-10-19)28-29(3)26(22)33-24-12-8-7-11-23(24)27/h4-12,18,20-21,31H,13-17H2,1-3H3/t21-/m0/s1. The summed E-state index contributed by atoms with van der Waals surface area (Å²) in [6.07, 6.45) is 1.64. The fourth-order valence-electron chi connectivity index (χ4n) is 3.89. The first-order valence-electron chi connectivity index (χ1n) is 11.5. The van der Waals surface area contributed by atoms with Gasteiger partial charge in [0.1, 0.15) is 5.69 Å². The topological polar surface area (TPSA) is 59.8 Å². The van der Waals surface area contributed by atoms with E-state index in [1.165, 1.54) is 6.07 Å². The fourth-order valence-corrected chi connectivity index (χ4v) is 3.89.